The van der Waals surface area contributed by atoms with E-state index in [0.717, 1.165) is 18.2 Å². The summed E-state index contributed by atoms with van der Waals surface area (Å²) >= 11 is 0. The minimum Gasteiger partial charge on any atom is -0.490 e. The van der Waals surface area contributed by atoms with Crippen molar-refractivity contribution in [1.82, 2.24) is 0 Å². The van der Waals surface area contributed by atoms with Crippen molar-refractivity contribution >= 4 is 0 Å². The first kappa shape index (κ1) is 11.9. The summed E-state index contributed by atoms with van der Waals surface area (Å²) in [6.07, 6.45) is 0.350. The third kappa shape index (κ3) is 4.25. The highest BCUT2D eigenvalue weighted by Gasteiger charge is 2.13. The van der Waals surface area contributed by atoms with Gasteiger partial charge >= 0.3 is 0 Å². The highest BCUT2D eigenvalue weighted by atomic mass is 19.1. The summed E-state index contributed by atoms with van der Waals surface area (Å²) in [6, 6.07) is 3.02. The minimum atomic E-state index is -0.871. The van der Waals surface area contributed by atoms with E-state index in [2.05, 4.69) is 0 Å². The molecule has 0 spiro atoms. The number of hydrogen-bond donors (Lipinski definition) is 1. The van der Waals surface area contributed by atoms with E-state index in [4.69, 9.17) is 4.74 Å². The molecule has 1 N–H and O–H groups in total. The van der Waals surface area contributed by atoms with Gasteiger partial charge in [0.2, 0.25) is 0 Å². The molecule has 0 aliphatic heterocycles. The van der Waals surface area contributed by atoms with E-state index in [-0.39, 0.29) is 12.4 Å². The van der Waals surface area contributed by atoms with Gasteiger partial charge in [0.25, 0.3) is 0 Å². The molecule has 1 rings (SSSR count). The molecule has 0 aromatic heterocycles. The third-order valence-corrected chi connectivity index (χ3v) is 1.86. The fourth-order valence-electron chi connectivity index (χ4n) is 0.999. The molecule has 0 heterocycles. The summed E-state index contributed by atoms with van der Waals surface area (Å²) in [5, 5.41) is 9.37. The van der Waals surface area contributed by atoms with Gasteiger partial charge in [-0.2, -0.15) is 0 Å². The molecule has 0 atom stereocenters. The molecule has 0 radical (unpaired) electrons. The Labute approximate surface area is 87.5 Å². The van der Waals surface area contributed by atoms with Gasteiger partial charge in [0, 0.05) is 12.5 Å². The summed E-state index contributed by atoms with van der Waals surface area (Å²) in [6.45, 7) is 3.39. The summed E-state index contributed by atoms with van der Waals surface area (Å²) in [5.74, 6) is -1.28. The molecule has 0 bridgehead atoms. The zero-order valence-corrected chi connectivity index (χ0v) is 8.76. The van der Waals surface area contributed by atoms with Crippen LogP contribution in [-0.2, 0) is 0 Å². The molecule has 84 valence electrons. The van der Waals surface area contributed by atoms with Gasteiger partial charge < -0.3 is 9.84 Å². The monoisotopic (exact) mass is 216 g/mol. The Kier molecular flexibility index (Phi) is 3.63. The van der Waals surface area contributed by atoms with E-state index in [9.17, 15) is 13.9 Å². The van der Waals surface area contributed by atoms with Crippen LogP contribution in [0.5, 0.6) is 5.75 Å². The maximum Gasteiger partial charge on any atom is 0.165 e. The van der Waals surface area contributed by atoms with Gasteiger partial charge in [-0.05, 0) is 26.0 Å². The second-order valence-electron chi connectivity index (χ2n) is 3.99. The zero-order chi connectivity index (χ0) is 11.5. The molecule has 1 aromatic rings. The van der Waals surface area contributed by atoms with Crippen molar-refractivity contribution in [2.75, 3.05) is 6.61 Å². The molecule has 0 aliphatic carbocycles. The first-order chi connectivity index (χ1) is 6.88. The first-order valence-corrected chi connectivity index (χ1v) is 4.69. The quantitative estimate of drug-likeness (QED) is 0.837. The van der Waals surface area contributed by atoms with Crippen LogP contribution >= 0.6 is 0 Å². The smallest absolute Gasteiger partial charge is 0.165 e. The van der Waals surface area contributed by atoms with Crippen molar-refractivity contribution in [3.05, 3.63) is 29.8 Å². The normalized spacial score (nSPS) is 11.5. The molecule has 15 heavy (non-hydrogen) atoms. The second kappa shape index (κ2) is 4.57. The van der Waals surface area contributed by atoms with E-state index < -0.39 is 17.2 Å². The van der Waals surface area contributed by atoms with Gasteiger partial charge in [-0.3, -0.25) is 0 Å². The van der Waals surface area contributed by atoms with Gasteiger partial charge in [0.05, 0.1) is 12.2 Å². The van der Waals surface area contributed by atoms with Crippen LogP contribution in [-0.4, -0.2) is 17.3 Å². The van der Waals surface area contributed by atoms with Gasteiger partial charge in [-0.15, -0.1) is 0 Å². The second-order valence-corrected chi connectivity index (χ2v) is 3.99. The molecule has 2 nitrogen and oxygen atoms in total. The van der Waals surface area contributed by atoms with Crippen LogP contribution in [0.1, 0.15) is 20.3 Å². The van der Waals surface area contributed by atoms with Crippen LogP contribution in [0.15, 0.2) is 18.2 Å². The van der Waals surface area contributed by atoms with Crippen LogP contribution in [0.2, 0.25) is 0 Å². The fourth-order valence-corrected chi connectivity index (χ4v) is 0.999. The first-order valence-electron chi connectivity index (χ1n) is 4.69. The van der Waals surface area contributed by atoms with Crippen molar-refractivity contribution in [2.24, 2.45) is 0 Å². The maximum atomic E-state index is 13.0. The molecular weight excluding hydrogens is 202 g/mol. The Morgan fingerprint density at radius 3 is 2.60 bits per heavy atom. The largest absolute Gasteiger partial charge is 0.490 e. The van der Waals surface area contributed by atoms with Crippen molar-refractivity contribution in [3.8, 4) is 5.75 Å². The van der Waals surface area contributed by atoms with Crippen LogP contribution in [0, 0.1) is 11.6 Å². The number of benzene rings is 1. The number of aliphatic hydroxyl groups is 1. The lowest BCUT2D eigenvalue weighted by molar-refractivity contribution is 0.0547. The summed E-state index contributed by atoms with van der Waals surface area (Å²) in [4.78, 5) is 0. The minimum absolute atomic E-state index is 0.126. The van der Waals surface area contributed by atoms with E-state index in [1.54, 1.807) is 13.8 Å². The molecule has 0 amide bonds. The topological polar surface area (TPSA) is 29.5 Å². The molecule has 0 saturated heterocycles. The van der Waals surface area contributed by atoms with Gasteiger partial charge in [0.1, 0.15) is 5.82 Å². The van der Waals surface area contributed by atoms with E-state index in [1.165, 1.54) is 0 Å². The molecular formula is C11H14F2O2. The molecule has 1 aromatic carbocycles. The molecule has 4 heteroatoms. The highest BCUT2D eigenvalue weighted by molar-refractivity contribution is 5.24. The van der Waals surface area contributed by atoms with E-state index in [1.807, 2.05) is 0 Å². The Balaban J connectivity index is 2.54. The van der Waals surface area contributed by atoms with Crippen LogP contribution in [0.25, 0.3) is 0 Å². The zero-order valence-electron chi connectivity index (χ0n) is 8.76. The Morgan fingerprint density at radius 1 is 1.33 bits per heavy atom. The maximum absolute atomic E-state index is 13.0. The lowest BCUT2D eigenvalue weighted by Gasteiger charge is -2.17. The van der Waals surface area contributed by atoms with Gasteiger partial charge in [-0.1, -0.05) is 0 Å². The summed E-state index contributed by atoms with van der Waals surface area (Å²) < 4.78 is 30.8. The van der Waals surface area contributed by atoms with Crippen molar-refractivity contribution in [1.29, 1.82) is 0 Å². The Hall–Kier alpha value is -1.16. The molecule has 0 unspecified atom stereocenters. The third-order valence-electron chi connectivity index (χ3n) is 1.86. The molecule has 0 saturated carbocycles. The van der Waals surface area contributed by atoms with Crippen LogP contribution < -0.4 is 4.74 Å². The lowest BCUT2D eigenvalue weighted by Crippen LogP contribution is -2.22. The number of rotatable bonds is 4. The fraction of sp³-hybridized carbons (Fsp3) is 0.455. The Bertz CT molecular complexity index is 332. The number of ether oxygens (including phenoxy) is 1. The van der Waals surface area contributed by atoms with Crippen LogP contribution in [0.4, 0.5) is 8.78 Å². The van der Waals surface area contributed by atoms with E-state index in [0.29, 0.717) is 6.42 Å². The van der Waals surface area contributed by atoms with Crippen molar-refractivity contribution < 1.29 is 18.6 Å². The average Bonchev–Trinajstić information content (AvgIpc) is 2.09. The summed E-state index contributed by atoms with van der Waals surface area (Å²) in [5.41, 5.74) is -0.871. The SMILES string of the molecule is CC(C)(O)CCOc1cc(F)ccc1F. The van der Waals surface area contributed by atoms with Crippen LogP contribution in [0.3, 0.4) is 0 Å². The average molecular weight is 216 g/mol. The molecule has 0 aliphatic rings. The van der Waals surface area contributed by atoms with Gasteiger partial charge in [-0.25, -0.2) is 8.78 Å². The van der Waals surface area contributed by atoms with Crippen molar-refractivity contribution in [3.63, 3.8) is 0 Å². The summed E-state index contributed by atoms with van der Waals surface area (Å²) in [7, 11) is 0. The number of halogens is 2. The van der Waals surface area contributed by atoms with Crippen molar-refractivity contribution in [2.45, 2.75) is 25.9 Å². The van der Waals surface area contributed by atoms with Gasteiger partial charge in [0.15, 0.2) is 11.6 Å². The standard InChI is InChI=1S/C11H14F2O2/c1-11(2,14)5-6-15-10-7-8(12)3-4-9(10)13/h3-4,7,14H,5-6H2,1-2H3. The predicted octanol–water partition coefficient (Wildman–Crippen LogP) is 2.50. The Morgan fingerprint density at radius 2 is 2.00 bits per heavy atom. The highest BCUT2D eigenvalue weighted by Crippen LogP contribution is 2.19. The number of hydrogen-bond acceptors (Lipinski definition) is 2. The lowest BCUT2D eigenvalue weighted by atomic mass is 10.1. The van der Waals surface area contributed by atoms with E-state index >= 15 is 0 Å². The molecule has 0 fully saturated rings. The predicted molar refractivity (Wildman–Crippen MR) is 52.8 cm³/mol.